The maximum absolute atomic E-state index is 12.6. The lowest BCUT2D eigenvalue weighted by molar-refractivity contribution is -0.384. The molecule has 0 bridgehead atoms. The predicted molar refractivity (Wildman–Crippen MR) is 129 cm³/mol. The van der Waals surface area contributed by atoms with E-state index in [1.54, 1.807) is 30.3 Å². The summed E-state index contributed by atoms with van der Waals surface area (Å²) in [5.74, 6) is -0.216. The molecule has 9 nitrogen and oxygen atoms in total. The minimum atomic E-state index is -0.556. The van der Waals surface area contributed by atoms with Crippen LogP contribution in [0.25, 0.3) is 11.3 Å². The Labute approximate surface area is 199 Å². The molecule has 1 aliphatic heterocycles. The van der Waals surface area contributed by atoms with Crippen molar-refractivity contribution in [3.63, 3.8) is 0 Å². The lowest BCUT2D eigenvalue weighted by Gasteiger charge is -2.31. The van der Waals surface area contributed by atoms with Crippen molar-refractivity contribution in [2.24, 2.45) is 0 Å². The van der Waals surface area contributed by atoms with Crippen molar-refractivity contribution in [2.75, 3.05) is 36.5 Å². The van der Waals surface area contributed by atoms with Crippen LogP contribution in [0, 0.1) is 10.1 Å². The van der Waals surface area contributed by atoms with E-state index in [9.17, 15) is 14.9 Å². The number of hydrogen-bond donors (Lipinski definition) is 2. The fourth-order valence-electron chi connectivity index (χ4n) is 3.43. The molecule has 1 aromatic heterocycles. The number of nitrogens with zero attached hydrogens (tertiary/aromatic N) is 2. The highest BCUT2D eigenvalue weighted by molar-refractivity contribution is 7.80. The molecule has 0 spiro atoms. The minimum absolute atomic E-state index is 0.0140. The fourth-order valence-corrected chi connectivity index (χ4v) is 3.93. The van der Waals surface area contributed by atoms with Crippen LogP contribution in [-0.4, -0.2) is 42.2 Å². The van der Waals surface area contributed by atoms with Crippen LogP contribution in [0.1, 0.15) is 10.6 Å². The zero-order chi connectivity index (χ0) is 23.4. The first-order valence-electron chi connectivity index (χ1n) is 10.0. The van der Waals surface area contributed by atoms with Crippen LogP contribution < -0.4 is 15.5 Å². The number of halogens is 1. The third-order valence-corrected chi connectivity index (χ3v) is 5.47. The van der Waals surface area contributed by atoms with Crippen molar-refractivity contribution in [3.8, 4) is 11.3 Å². The Morgan fingerprint density at radius 3 is 2.64 bits per heavy atom. The first-order valence-corrected chi connectivity index (χ1v) is 10.8. The predicted octanol–water partition coefficient (Wildman–Crippen LogP) is 4.47. The van der Waals surface area contributed by atoms with Gasteiger partial charge in [-0.25, -0.2) is 0 Å². The molecule has 0 saturated carbocycles. The summed E-state index contributed by atoms with van der Waals surface area (Å²) in [6, 6.07) is 14.4. The smallest absolute Gasteiger partial charge is 0.293 e. The van der Waals surface area contributed by atoms with E-state index in [-0.39, 0.29) is 16.6 Å². The Kier molecular flexibility index (Phi) is 6.87. The zero-order valence-corrected chi connectivity index (χ0v) is 18.8. The number of furan rings is 1. The van der Waals surface area contributed by atoms with Crippen LogP contribution >= 0.6 is 23.8 Å². The van der Waals surface area contributed by atoms with Crippen LogP contribution in [0.4, 0.5) is 17.1 Å². The number of para-hydroxylation sites is 1. The normalized spacial score (nSPS) is 13.4. The number of benzene rings is 2. The first-order chi connectivity index (χ1) is 15.9. The van der Waals surface area contributed by atoms with Gasteiger partial charge in [0.25, 0.3) is 11.6 Å². The van der Waals surface area contributed by atoms with Crippen LogP contribution in [0.15, 0.2) is 59.0 Å². The van der Waals surface area contributed by atoms with E-state index in [0.29, 0.717) is 48.3 Å². The van der Waals surface area contributed by atoms with E-state index < -0.39 is 10.8 Å². The number of ether oxygens (including phenoxy) is 1. The number of anilines is 2. The standard InChI is InChI=1S/C22H19ClN4O5S/c23-16-5-2-6-17(20(16)26-9-11-31-12-10-26)24-22(33)25-21(28)19-8-7-18(32-19)14-3-1-4-15(13-14)27(29)30/h1-8,13H,9-12H2,(H2,24,25,28,33). The number of morpholine rings is 1. The molecule has 0 aliphatic carbocycles. The Morgan fingerprint density at radius 1 is 1.12 bits per heavy atom. The molecule has 2 heterocycles. The average molecular weight is 487 g/mol. The highest BCUT2D eigenvalue weighted by Gasteiger charge is 2.20. The number of thiocarbonyl (C=S) groups is 1. The summed E-state index contributed by atoms with van der Waals surface area (Å²) in [7, 11) is 0. The van der Waals surface area contributed by atoms with Crippen LogP contribution in [0.2, 0.25) is 5.02 Å². The topological polar surface area (TPSA) is 110 Å². The summed E-state index contributed by atoms with van der Waals surface area (Å²) in [5.41, 5.74) is 1.85. The second-order valence-electron chi connectivity index (χ2n) is 7.12. The van der Waals surface area contributed by atoms with Crippen molar-refractivity contribution in [3.05, 3.63) is 75.5 Å². The summed E-state index contributed by atoms with van der Waals surface area (Å²) in [6.45, 7) is 2.56. The van der Waals surface area contributed by atoms with Gasteiger partial charge in [0.1, 0.15) is 5.76 Å². The molecule has 0 atom stereocenters. The second-order valence-corrected chi connectivity index (χ2v) is 7.93. The number of nitro benzene ring substituents is 1. The van der Waals surface area contributed by atoms with Gasteiger partial charge in [-0.05, 0) is 36.5 Å². The van der Waals surface area contributed by atoms with Gasteiger partial charge in [0, 0.05) is 30.8 Å². The molecular formula is C22H19ClN4O5S. The van der Waals surface area contributed by atoms with E-state index >= 15 is 0 Å². The molecule has 3 aromatic rings. The van der Waals surface area contributed by atoms with E-state index in [0.717, 1.165) is 5.69 Å². The van der Waals surface area contributed by atoms with Gasteiger partial charge in [-0.2, -0.15) is 0 Å². The van der Waals surface area contributed by atoms with Crippen molar-refractivity contribution in [1.29, 1.82) is 0 Å². The maximum atomic E-state index is 12.6. The van der Waals surface area contributed by atoms with Crippen LogP contribution in [-0.2, 0) is 4.74 Å². The average Bonchev–Trinajstić information content (AvgIpc) is 3.30. The van der Waals surface area contributed by atoms with Crippen molar-refractivity contribution in [1.82, 2.24) is 5.32 Å². The number of non-ortho nitro benzene ring substituents is 1. The van der Waals surface area contributed by atoms with Gasteiger partial charge >= 0.3 is 0 Å². The Morgan fingerprint density at radius 2 is 1.88 bits per heavy atom. The number of rotatable bonds is 5. The number of carbonyl (C=O) groups excluding carboxylic acids is 1. The van der Waals surface area contributed by atoms with Gasteiger partial charge < -0.3 is 19.4 Å². The highest BCUT2D eigenvalue weighted by Crippen LogP contribution is 2.34. The quantitative estimate of drug-likeness (QED) is 0.309. The molecule has 0 radical (unpaired) electrons. The lowest BCUT2D eigenvalue weighted by Crippen LogP contribution is -2.38. The molecule has 2 N–H and O–H groups in total. The zero-order valence-electron chi connectivity index (χ0n) is 17.2. The molecule has 2 aromatic carbocycles. The molecule has 170 valence electrons. The largest absolute Gasteiger partial charge is 0.451 e. The van der Waals surface area contributed by atoms with Crippen LogP contribution in [0.3, 0.4) is 0 Å². The SMILES string of the molecule is O=C(NC(=S)Nc1cccc(Cl)c1N1CCOCC1)c1ccc(-c2cccc([N+](=O)[O-])c2)o1. The molecule has 4 rings (SSSR count). The molecule has 1 amide bonds. The molecule has 1 saturated heterocycles. The summed E-state index contributed by atoms with van der Waals surface area (Å²) >= 11 is 11.7. The Balaban J connectivity index is 1.45. The van der Waals surface area contributed by atoms with Crippen molar-refractivity contribution < 1.29 is 18.9 Å². The first kappa shape index (κ1) is 22.7. The van der Waals surface area contributed by atoms with Crippen molar-refractivity contribution in [2.45, 2.75) is 0 Å². The number of hydrogen-bond acceptors (Lipinski definition) is 7. The van der Waals surface area contributed by atoms with Gasteiger partial charge in [-0.3, -0.25) is 20.2 Å². The van der Waals surface area contributed by atoms with E-state index in [1.165, 1.54) is 18.2 Å². The minimum Gasteiger partial charge on any atom is -0.451 e. The summed E-state index contributed by atoms with van der Waals surface area (Å²) in [5, 5.41) is 17.2. The maximum Gasteiger partial charge on any atom is 0.293 e. The molecule has 33 heavy (non-hydrogen) atoms. The van der Waals surface area contributed by atoms with E-state index in [2.05, 4.69) is 15.5 Å². The number of nitrogens with one attached hydrogen (secondary N) is 2. The number of carbonyl (C=O) groups is 1. The van der Waals surface area contributed by atoms with Crippen molar-refractivity contribution >= 4 is 51.9 Å². The second kappa shape index (κ2) is 9.99. The molecule has 11 heteroatoms. The van der Waals surface area contributed by atoms with Gasteiger partial charge in [0.15, 0.2) is 10.9 Å². The number of amides is 1. The van der Waals surface area contributed by atoms with Gasteiger partial charge in [-0.15, -0.1) is 0 Å². The van der Waals surface area contributed by atoms with Crippen LogP contribution in [0.5, 0.6) is 0 Å². The van der Waals surface area contributed by atoms with E-state index in [4.69, 9.17) is 33.0 Å². The lowest BCUT2D eigenvalue weighted by atomic mass is 10.1. The Bertz CT molecular complexity index is 1210. The third kappa shape index (κ3) is 5.30. The number of nitro groups is 1. The molecule has 1 aliphatic rings. The summed E-state index contributed by atoms with van der Waals surface area (Å²) in [4.78, 5) is 25.2. The molecule has 1 fully saturated rings. The van der Waals surface area contributed by atoms with Gasteiger partial charge in [0.05, 0.1) is 34.5 Å². The fraction of sp³-hybridized carbons (Fsp3) is 0.182. The summed E-state index contributed by atoms with van der Waals surface area (Å²) in [6.07, 6.45) is 0. The highest BCUT2D eigenvalue weighted by atomic mass is 35.5. The Hall–Kier alpha value is -3.47. The monoisotopic (exact) mass is 486 g/mol. The van der Waals surface area contributed by atoms with Gasteiger partial charge in [-0.1, -0.05) is 29.8 Å². The third-order valence-electron chi connectivity index (χ3n) is 4.96. The van der Waals surface area contributed by atoms with Gasteiger partial charge in [0.2, 0.25) is 0 Å². The molecular weight excluding hydrogens is 468 g/mol. The summed E-state index contributed by atoms with van der Waals surface area (Å²) < 4.78 is 11.0. The molecule has 0 unspecified atom stereocenters. The van der Waals surface area contributed by atoms with E-state index in [1.807, 2.05) is 6.07 Å².